The molecule has 0 amide bonds. The second-order valence-electron chi connectivity index (χ2n) is 1.92. The van der Waals surface area contributed by atoms with Crippen molar-refractivity contribution in [3.05, 3.63) is 0 Å². The normalized spacial score (nSPS) is 15.9. The van der Waals surface area contributed by atoms with Crippen molar-refractivity contribution in [1.82, 2.24) is 0 Å². The van der Waals surface area contributed by atoms with E-state index in [2.05, 4.69) is 0 Å². The van der Waals surface area contributed by atoms with Gasteiger partial charge in [0, 0.05) is 0 Å². The van der Waals surface area contributed by atoms with Gasteiger partial charge in [0.1, 0.15) is 0 Å². The van der Waals surface area contributed by atoms with Crippen LogP contribution in [0.25, 0.3) is 0 Å². The van der Waals surface area contributed by atoms with E-state index in [1.165, 1.54) is 0 Å². The first-order chi connectivity index (χ1) is 5.40. The topological polar surface area (TPSA) is 57.2 Å². The van der Waals surface area contributed by atoms with Gasteiger partial charge in [-0.3, -0.25) is 0 Å². The van der Waals surface area contributed by atoms with Crippen LogP contribution in [0.15, 0.2) is 0 Å². The van der Waals surface area contributed by atoms with Gasteiger partial charge >= 0.3 is 30.3 Å². The first kappa shape index (κ1) is 16.5. The fraction of sp³-hybridized carbons (Fsp3) is 1.00. The Kier molecular flexibility index (Phi) is 5.07. The molecule has 0 aromatic rings. The van der Waals surface area contributed by atoms with Crippen LogP contribution in [0.1, 0.15) is 0 Å². The number of hydrogen-bond donors (Lipinski definition) is 0. The Balaban J connectivity index is 0. The molecule has 11 heteroatoms. The van der Waals surface area contributed by atoms with E-state index in [0.717, 1.165) is 0 Å². The molecule has 0 heterocycles. The third-order valence-corrected chi connectivity index (χ3v) is 1.79. The van der Waals surface area contributed by atoms with Crippen LogP contribution in [0.5, 0.6) is 0 Å². The third kappa shape index (κ3) is 3.34. The fourth-order valence-corrected chi connectivity index (χ4v) is 0.704. The molecule has 0 aromatic carbocycles. The molecule has 0 bridgehead atoms. The summed E-state index contributed by atoms with van der Waals surface area (Å²) < 4.78 is 97.5. The minimum atomic E-state index is -6.66. The van der Waals surface area contributed by atoms with E-state index in [9.17, 15) is 39.3 Å². The maximum absolute atomic E-state index is 11.8. The molecule has 14 heavy (non-hydrogen) atoms. The van der Waals surface area contributed by atoms with Gasteiger partial charge in [-0.2, -0.15) is 22.0 Å². The van der Waals surface area contributed by atoms with Crippen molar-refractivity contribution in [2.45, 2.75) is 17.6 Å². The quantitative estimate of drug-likeness (QED) is 0.318. The zero-order valence-electron chi connectivity index (χ0n) is 6.48. The summed E-state index contributed by atoms with van der Waals surface area (Å²) in [7, 11) is -6.66. The van der Waals surface area contributed by atoms with E-state index in [-0.39, 0.29) is 18.9 Å². The molecule has 0 aromatic heterocycles. The van der Waals surface area contributed by atoms with E-state index < -0.39 is 27.7 Å². The number of halogens is 6. The molecule has 0 aliphatic rings. The summed E-state index contributed by atoms with van der Waals surface area (Å²) in [5.41, 5.74) is 0. The molecule has 0 N–H and O–H groups in total. The van der Waals surface area contributed by atoms with Crippen LogP contribution in [0.3, 0.4) is 0 Å². The Hall–Kier alpha value is 0.0874. The number of hydrogen-bond acceptors (Lipinski definition) is 3. The van der Waals surface area contributed by atoms with Crippen LogP contribution in [0, 0.1) is 0 Å². The molecule has 0 saturated carbocycles. The smallest absolute Gasteiger partial charge is 0.743 e. The van der Waals surface area contributed by atoms with Crippen LogP contribution >= 0.6 is 0 Å². The van der Waals surface area contributed by atoms with Crippen molar-refractivity contribution in [1.29, 1.82) is 0 Å². The Morgan fingerprint density at radius 3 is 1.43 bits per heavy atom. The third-order valence-electron chi connectivity index (χ3n) is 0.916. The van der Waals surface area contributed by atoms with Gasteiger partial charge in [-0.25, -0.2) is 12.8 Å². The zero-order chi connectivity index (χ0) is 11.1. The Labute approximate surface area is 86.4 Å². The van der Waals surface area contributed by atoms with Crippen molar-refractivity contribution in [2.75, 3.05) is 0 Å². The van der Waals surface area contributed by atoms with Gasteiger partial charge < -0.3 is 4.55 Å². The summed E-state index contributed by atoms with van der Waals surface area (Å²) in [6, 6.07) is 0. The predicted octanol–water partition coefficient (Wildman–Crippen LogP) is -1.97. The number of alkyl halides is 6. The zero-order valence-corrected chi connectivity index (χ0v) is 7.29. The molecule has 0 rings (SSSR count). The molecule has 0 spiro atoms. The first-order valence-corrected chi connectivity index (χ1v) is 3.85. The van der Waals surface area contributed by atoms with Gasteiger partial charge in [0.2, 0.25) is 0 Å². The van der Waals surface area contributed by atoms with Gasteiger partial charge in [0.15, 0.2) is 10.1 Å². The van der Waals surface area contributed by atoms with E-state index in [4.69, 9.17) is 0 Å². The summed E-state index contributed by atoms with van der Waals surface area (Å²) in [5.74, 6) is 0. The Morgan fingerprint density at radius 2 is 1.36 bits per heavy atom. The summed E-state index contributed by atoms with van der Waals surface area (Å²) in [6.45, 7) is 0. The maximum atomic E-state index is 11.8. The average molecular weight is 238 g/mol. The standard InChI is InChI=1S/C3H2F6O3S.Li/c4-1(2(5,6)7)3(8,9)13(10,11)12;/h1H,(H,10,11,12);/q;+1/p-1. The largest absolute Gasteiger partial charge is 1.00 e. The van der Waals surface area contributed by atoms with Gasteiger partial charge in [-0.1, -0.05) is 0 Å². The predicted molar refractivity (Wildman–Crippen MR) is 25.6 cm³/mol. The van der Waals surface area contributed by atoms with Crippen LogP contribution in [-0.4, -0.2) is 30.6 Å². The van der Waals surface area contributed by atoms with Crippen LogP contribution in [0.4, 0.5) is 26.3 Å². The summed E-state index contributed by atoms with van der Waals surface area (Å²) in [4.78, 5) is 0. The summed E-state index contributed by atoms with van der Waals surface area (Å²) in [6.07, 6.45) is -11.1. The first-order valence-electron chi connectivity index (χ1n) is 2.44. The minimum absolute atomic E-state index is 0. The van der Waals surface area contributed by atoms with E-state index in [1.807, 2.05) is 0 Å². The number of rotatable bonds is 2. The van der Waals surface area contributed by atoms with Crippen LogP contribution in [0.2, 0.25) is 0 Å². The van der Waals surface area contributed by atoms with Crippen molar-refractivity contribution in [2.24, 2.45) is 0 Å². The van der Waals surface area contributed by atoms with Gasteiger partial charge in [0.05, 0.1) is 0 Å². The van der Waals surface area contributed by atoms with E-state index >= 15 is 0 Å². The van der Waals surface area contributed by atoms with Crippen molar-refractivity contribution in [3.8, 4) is 0 Å². The molecule has 1 unspecified atom stereocenters. The van der Waals surface area contributed by atoms with Crippen LogP contribution in [-0.2, 0) is 10.1 Å². The van der Waals surface area contributed by atoms with Gasteiger partial charge in [-0.15, -0.1) is 0 Å². The Bertz CT molecular complexity index is 283. The SMILES string of the molecule is O=S(=O)([O-])C(F)(F)C(F)C(F)(F)F.[Li+]. The molecule has 0 aliphatic heterocycles. The molecule has 0 saturated heterocycles. The molecule has 3 nitrogen and oxygen atoms in total. The maximum Gasteiger partial charge on any atom is 1.00 e. The summed E-state index contributed by atoms with van der Waals surface area (Å²) in [5, 5.41) is -5.99. The van der Waals surface area contributed by atoms with Crippen LogP contribution < -0.4 is 18.9 Å². The molecule has 0 radical (unpaired) electrons. The van der Waals surface area contributed by atoms with E-state index in [0.29, 0.717) is 0 Å². The second-order valence-corrected chi connectivity index (χ2v) is 3.37. The molecular weight excluding hydrogens is 237 g/mol. The molecule has 1 atom stereocenters. The fourth-order valence-electron chi connectivity index (χ4n) is 0.317. The minimum Gasteiger partial charge on any atom is -0.743 e. The van der Waals surface area contributed by atoms with Crippen molar-refractivity contribution in [3.63, 3.8) is 0 Å². The second kappa shape index (κ2) is 4.30. The van der Waals surface area contributed by atoms with Gasteiger partial charge in [0.25, 0.3) is 6.17 Å². The van der Waals surface area contributed by atoms with Gasteiger partial charge in [-0.05, 0) is 0 Å². The molecule has 0 aliphatic carbocycles. The van der Waals surface area contributed by atoms with Crippen molar-refractivity contribution >= 4 is 10.1 Å². The molecule has 0 fully saturated rings. The monoisotopic (exact) mass is 238 g/mol. The molecular formula is C3HF6LiO3S. The average Bonchev–Trinajstić information content (AvgIpc) is 1.81. The van der Waals surface area contributed by atoms with E-state index in [1.54, 1.807) is 0 Å². The molecule has 80 valence electrons. The Morgan fingerprint density at radius 1 is 1.07 bits per heavy atom. The summed E-state index contributed by atoms with van der Waals surface area (Å²) >= 11 is 0. The van der Waals surface area contributed by atoms with Crippen molar-refractivity contribution < 1.29 is 58.2 Å².